The highest BCUT2D eigenvalue weighted by atomic mass is 79.9. The largest absolute Gasteiger partial charge is 0.325 e. The molecule has 21 heavy (non-hydrogen) atoms. The van der Waals surface area contributed by atoms with E-state index in [4.69, 9.17) is 0 Å². The van der Waals surface area contributed by atoms with Gasteiger partial charge in [0.2, 0.25) is 0 Å². The Kier molecular flexibility index (Phi) is 3.36. The number of hydrogen-bond donors (Lipinski definition) is 1. The first-order chi connectivity index (χ1) is 10.1. The van der Waals surface area contributed by atoms with Crippen molar-refractivity contribution in [3.8, 4) is 17.2 Å². The van der Waals surface area contributed by atoms with Gasteiger partial charge in [0.25, 0.3) is 5.56 Å². The van der Waals surface area contributed by atoms with E-state index in [-0.39, 0.29) is 11.1 Å². The van der Waals surface area contributed by atoms with E-state index in [1.54, 1.807) is 6.92 Å². The van der Waals surface area contributed by atoms with Crippen LogP contribution in [0.2, 0.25) is 0 Å². The third-order valence-corrected chi connectivity index (χ3v) is 4.29. The quantitative estimate of drug-likeness (QED) is 0.724. The zero-order chi connectivity index (χ0) is 15.0. The van der Waals surface area contributed by atoms with Crippen LogP contribution in [0.1, 0.15) is 11.3 Å². The molecule has 0 aliphatic heterocycles. The minimum Gasteiger partial charge on any atom is -0.325 e. The third kappa shape index (κ3) is 2.26. The van der Waals surface area contributed by atoms with Crippen LogP contribution in [0, 0.1) is 18.3 Å². The molecule has 0 unspecified atom stereocenters. The maximum atomic E-state index is 11.9. The summed E-state index contributed by atoms with van der Waals surface area (Å²) in [6, 6.07) is 15.7. The predicted octanol–water partition coefficient (Wildman–Crippen LogP) is 4.14. The monoisotopic (exact) mass is 338 g/mol. The summed E-state index contributed by atoms with van der Waals surface area (Å²) in [5.41, 5.74) is 2.01. The van der Waals surface area contributed by atoms with Crippen LogP contribution in [0.4, 0.5) is 0 Å². The van der Waals surface area contributed by atoms with E-state index >= 15 is 0 Å². The predicted molar refractivity (Wildman–Crippen MR) is 87.2 cm³/mol. The minimum absolute atomic E-state index is 0.136. The summed E-state index contributed by atoms with van der Waals surface area (Å²) >= 11 is 3.61. The van der Waals surface area contributed by atoms with Crippen LogP contribution in [0.5, 0.6) is 0 Å². The molecule has 0 radical (unpaired) electrons. The molecule has 0 aliphatic carbocycles. The number of aryl methyl sites for hydroxylation is 1. The second kappa shape index (κ2) is 5.19. The first kappa shape index (κ1) is 13.6. The van der Waals surface area contributed by atoms with Gasteiger partial charge in [-0.3, -0.25) is 4.79 Å². The number of hydrogen-bond acceptors (Lipinski definition) is 2. The molecule has 3 nitrogen and oxygen atoms in total. The number of H-pyrrole nitrogens is 1. The average Bonchev–Trinajstić information content (AvgIpc) is 2.47. The summed E-state index contributed by atoms with van der Waals surface area (Å²) in [6.07, 6.45) is 0. The molecule has 0 amide bonds. The van der Waals surface area contributed by atoms with Crippen LogP contribution in [0.15, 0.2) is 51.7 Å². The lowest BCUT2D eigenvalue weighted by Crippen LogP contribution is -2.12. The Balaban J connectivity index is 2.39. The van der Waals surface area contributed by atoms with Gasteiger partial charge in [-0.1, -0.05) is 36.4 Å². The third-order valence-electron chi connectivity index (χ3n) is 3.43. The van der Waals surface area contributed by atoms with Gasteiger partial charge < -0.3 is 4.98 Å². The maximum Gasteiger partial charge on any atom is 0.266 e. The number of halogens is 1. The minimum atomic E-state index is -0.354. The molecule has 4 heteroatoms. The molecule has 0 aliphatic rings. The lowest BCUT2D eigenvalue weighted by atomic mass is 9.98. The van der Waals surface area contributed by atoms with Gasteiger partial charge in [-0.2, -0.15) is 5.26 Å². The Morgan fingerprint density at radius 1 is 1.14 bits per heavy atom. The van der Waals surface area contributed by atoms with Crippen molar-refractivity contribution in [2.45, 2.75) is 6.92 Å². The summed E-state index contributed by atoms with van der Waals surface area (Å²) in [5.74, 6) is 0. The summed E-state index contributed by atoms with van der Waals surface area (Å²) in [7, 11) is 0. The maximum absolute atomic E-state index is 11.9. The van der Waals surface area contributed by atoms with Gasteiger partial charge >= 0.3 is 0 Å². The van der Waals surface area contributed by atoms with Crippen LogP contribution in [-0.4, -0.2) is 4.98 Å². The number of pyridine rings is 1. The SMILES string of the molecule is Cc1cc(-c2ccc3ccccc3c2Br)c(C#N)c(=O)[nH]1. The molecular formula is C17H11BrN2O. The molecular weight excluding hydrogens is 328 g/mol. The number of nitrogens with zero attached hydrogens (tertiary/aromatic N) is 1. The van der Waals surface area contributed by atoms with Crippen LogP contribution in [0.25, 0.3) is 21.9 Å². The zero-order valence-corrected chi connectivity index (χ0v) is 12.9. The van der Waals surface area contributed by atoms with Gasteiger partial charge in [-0.25, -0.2) is 0 Å². The zero-order valence-electron chi connectivity index (χ0n) is 11.3. The first-order valence-corrected chi connectivity index (χ1v) is 7.23. The summed E-state index contributed by atoms with van der Waals surface area (Å²) < 4.78 is 0.891. The van der Waals surface area contributed by atoms with Crippen molar-refractivity contribution in [3.63, 3.8) is 0 Å². The molecule has 1 aromatic heterocycles. The molecule has 2 aromatic carbocycles. The molecule has 0 saturated heterocycles. The van der Waals surface area contributed by atoms with E-state index < -0.39 is 0 Å². The standard InChI is InChI=1S/C17H11BrN2O/c1-10-8-14(15(9-19)17(21)20-10)13-7-6-11-4-2-3-5-12(11)16(13)18/h2-8H,1H3,(H,20,21). The number of aromatic nitrogens is 1. The van der Waals surface area contributed by atoms with Gasteiger partial charge in [-0.15, -0.1) is 0 Å². The molecule has 0 spiro atoms. The molecule has 0 bridgehead atoms. The van der Waals surface area contributed by atoms with E-state index in [9.17, 15) is 10.1 Å². The number of benzene rings is 2. The fourth-order valence-electron chi connectivity index (χ4n) is 2.45. The second-order valence-corrected chi connectivity index (χ2v) is 5.62. The van der Waals surface area contributed by atoms with E-state index in [0.29, 0.717) is 5.56 Å². The molecule has 3 rings (SSSR count). The van der Waals surface area contributed by atoms with E-state index in [2.05, 4.69) is 20.9 Å². The van der Waals surface area contributed by atoms with Crippen LogP contribution < -0.4 is 5.56 Å². The summed E-state index contributed by atoms with van der Waals surface area (Å²) in [4.78, 5) is 14.6. The Labute approximate surface area is 130 Å². The highest BCUT2D eigenvalue weighted by molar-refractivity contribution is 9.10. The first-order valence-electron chi connectivity index (χ1n) is 6.43. The molecule has 3 aromatic rings. The molecule has 102 valence electrons. The van der Waals surface area contributed by atoms with Crippen molar-refractivity contribution < 1.29 is 0 Å². The lowest BCUT2D eigenvalue weighted by Gasteiger charge is -2.10. The Morgan fingerprint density at radius 3 is 2.67 bits per heavy atom. The van der Waals surface area contributed by atoms with E-state index in [1.165, 1.54) is 0 Å². The Hall–Kier alpha value is -2.38. The van der Waals surface area contributed by atoms with Gasteiger partial charge in [-0.05, 0) is 45.3 Å². The average molecular weight is 339 g/mol. The number of aromatic amines is 1. The molecule has 1 N–H and O–H groups in total. The van der Waals surface area contributed by atoms with Crippen LogP contribution >= 0.6 is 15.9 Å². The van der Waals surface area contributed by atoms with Gasteiger partial charge in [0.1, 0.15) is 11.6 Å². The van der Waals surface area contributed by atoms with Crippen LogP contribution in [0.3, 0.4) is 0 Å². The van der Waals surface area contributed by atoms with Gasteiger partial charge in [0.05, 0.1) is 0 Å². The van der Waals surface area contributed by atoms with Crippen LogP contribution in [-0.2, 0) is 0 Å². The molecule has 0 fully saturated rings. The van der Waals surface area contributed by atoms with Gasteiger partial charge in [0, 0.05) is 15.7 Å². The van der Waals surface area contributed by atoms with Gasteiger partial charge in [0.15, 0.2) is 0 Å². The van der Waals surface area contributed by atoms with Crippen molar-refractivity contribution in [1.82, 2.24) is 4.98 Å². The Bertz CT molecular complexity index is 951. The van der Waals surface area contributed by atoms with Crippen molar-refractivity contribution in [2.75, 3.05) is 0 Å². The number of fused-ring (bicyclic) bond motifs is 1. The number of rotatable bonds is 1. The van der Waals surface area contributed by atoms with Crippen molar-refractivity contribution >= 4 is 26.7 Å². The topological polar surface area (TPSA) is 56.6 Å². The fraction of sp³-hybridized carbons (Fsp3) is 0.0588. The highest BCUT2D eigenvalue weighted by Crippen LogP contribution is 2.35. The molecule has 0 saturated carbocycles. The molecule has 1 heterocycles. The normalized spacial score (nSPS) is 10.5. The van der Waals surface area contributed by atoms with Crippen molar-refractivity contribution in [1.29, 1.82) is 5.26 Å². The van der Waals surface area contributed by atoms with E-state index in [1.807, 2.05) is 48.5 Å². The number of nitriles is 1. The lowest BCUT2D eigenvalue weighted by molar-refractivity contribution is 1.13. The summed E-state index contributed by atoms with van der Waals surface area (Å²) in [6.45, 7) is 1.81. The van der Waals surface area contributed by atoms with Crippen molar-refractivity contribution in [3.05, 3.63) is 68.5 Å². The fourth-order valence-corrected chi connectivity index (χ4v) is 3.16. The number of nitrogens with one attached hydrogen (secondary N) is 1. The highest BCUT2D eigenvalue weighted by Gasteiger charge is 2.14. The Morgan fingerprint density at radius 2 is 1.90 bits per heavy atom. The van der Waals surface area contributed by atoms with E-state index in [0.717, 1.165) is 26.5 Å². The second-order valence-electron chi connectivity index (χ2n) is 4.83. The molecule has 0 atom stereocenters. The van der Waals surface area contributed by atoms with Crippen molar-refractivity contribution in [2.24, 2.45) is 0 Å². The smallest absolute Gasteiger partial charge is 0.266 e. The summed E-state index contributed by atoms with van der Waals surface area (Å²) in [5, 5.41) is 11.4.